The van der Waals surface area contributed by atoms with Crippen molar-refractivity contribution in [1.29, 1.82) is 0 Å². The van der Waals surface area contributed by atoms with Gasteiger partial charge in [0.25, 0.3) is 5.91 Å². The first-order chi connectivity index (χ1) is 9.66. The van der Waals surface area contributed by atoms with Gasteiger partial charge < -0.3 is 9.47 Å². The number of nitrogens with zero attached hydrogens (tertiary/aromatic N) is 4. The third kappa shape index (κ3) is 2.35. The predicted octanol–water partition coefficient (Wildman–Crippen LogP) is 2.20. The van der Waals surface area contributed by atoms with Crippen LogP contribution in [0.25, 0.3) is 0 Å². The fourth-order valence-corrected chi connectivity index (χ4v) is 3.66. The van der Waals surface area contributed by atoms with E-state index < -0.39 is 0 Å². The normalized spacial score (nSPS) is 19.3. The van der Waals surface area contributed by atoms with Crippen LogP contribution in [0.1, 0.15) is 39.8 Å². The van der Waals surface area contributed by atoms with Crippen LogP contribution in [0.3, 0.4) is 0 Å². The number of aromatic nitrogens is 3. The topological polar surface area (TPSA) is 51.0 Å². The molecule has 1 amide bonds. The maximum Gasteiger partial charge on any atom is 0.264 e. The van der Waals surface area contributed by atoms with Crippen LogP contribution >= 0.6 is 11.3 Å². The molecule has 0 saturated carbocycles. The molecule has 0 N–H and O–H groups in total. The lowest BCUT2D eigenvalue weighted by Gasteiger charge is -2.32. The monoisotopic (exact) mass is 290 g/mol. The molecule has 0 unspecified atom stereocenters. The summed E-state index contributed by atoms with van der Waals surface area (Å²) in [4.78, 5) is 15.4. The molecule has 3 rings (SSSR count). The molecular weight excluding hydrogens is 272 g/mol. The molecule has 2 aromatic heterocycles. The zero-order valence-corrected chi connectivity index (χ0v) is 12.6. The quantitative estimate of drug-likeness (QED) is 0.852. The summed E-state index contributed by atoms with van der Waals surface area (Å²) in [5.74, 6) is 1.43. The maximum absolute atomic E-state index is 12.6. The number of carbonyl (C=O) groups is 1. The molecule has 0 radical (unpaired) electrons. The van der Waals surface area contributed by atoms with E-state index in [2.05, 4.69) is 10.2 Å². The van der Waals surface area contributed by atoms with Crippen molar-refractivity contribution < 1.29 is 4.79 Å². The molecule has 1 atom stereocenters. The first-order valence-corrected chi connectivity index (χ1v) is 7.72. The van der Waals surface area contributed by atoms with Crippen molar-refractivity contribution in [2.24, 2.45) is 7.05 Å². The summed E-state index contributed by atoms with van der Waals surface area (Å²) >= 11 is 1.53. The second-order valence-corrected chi connectivity index (χ2v) is 6.24. The van der Waals surface area contributed by atoms with Gasteiger partial charge in [0.15, 0.2) is 0 Å². The number of carbonyl (C=O) groups excluding carboxylic acids is 1. The summed E-state index contributed by atoms with van der Waals surface area (Å²) in [6.07, 6.45) is 3.81. The molecule has 1 saturated heterocycles. The molecule has 6 heteroatoms. The van der Waals surface area contributed by atoms with Crippen molar-refractivity contribution in [1.82, 2.24) is 19.7 Å². The highest BCUT2D eigenvalue weighted by Crippen LogP contribution is 2.27. The van der Waals surface area contributed by atoms with Gasteiger partial charge in [0, 0.05) is 26.1 Å². The van der Waals surface area contributed by atoms with Crippen LogP contribution in [-0.4, -0.2) is 38.7 Å². The molecule has 3 heterocycles. The molecule has 0 spiro atoms. The Hall–Kier alpha value is -1.69. The van der Waals surface area contributed by atoms with E-state index in [0.29, 0.717) is 5.92 Å². The van der Waals surface area contributed by atoms with E-state index in [1.165, 1.54) is 11.3 Å². The van der Waals surface area contributed by atoms with Crippen molar-refractivity contribution >= 4 is 17.2 Å². The SMILES string of the molecule is Cc1ccsc1C(=O)N1CCC[C@H](c2nncn2C)C1. The molecule has 1 fully saturated rings. The number of amides is 1. The highest BCUT2D eigenvalue weighted by Gasteiger charge is 2.28. The van der Waals surface area contributed by atoms with Crippen molar-refractivity contribution in [3.63, 3.8) is 0 Å². The Morgan fingerprint density at radius 3 is 3.00 bits per heavy atom. The highest BCUT2D eigenvalue weighted by atomic mass is 32.1. The van der Waals surface area contributed by atoms with E-state index >= 15 is 0 Å². The highest BCUT2D eigenvalue weighted by molar-refractivity contribution is 7.12. The van der Waals surface area contributed by atoms with Crippen LogP contribution in [0.2, 0.25) is 0 Å². The number of aryl methyl sites for hydroxylation is 2. The molecule has 106 valence electrons. The van der Waals surface area contributed by atoms with Gasteiger partial charge in [-0.15, -0.1) is 21.5 Å². The van der Waals surface area contributed by atoms with Gasteiger partial charge in [-0.1, -0.05) is 0 Å². The Kier molecular flexibility index (Phi) is 3.56. The zero-order valence-electron chi connectivity index (χ0n) is 11.7. The van der Waals surface area contributed by atoms with Crippen LogP contribution in [0, 0.1) is 6.92 Å². The number of hydrogen-bond acceptors (Lipinski definition) is 4. The van der Waals surface area contributed by atoms with Gasteiger partial charge in [-0.25, -0.2) is 0 Å². The van der Waals surface area contributed by atoms with Crippen molar-refractivity contribution in [3.05, 3.63) is 34.0 Å². The van der Waals surface area contributed by atoms with Crippen LogP contribution in [-0.2, 0) is 7.05 Å². The van der Waals surface area contributed by atoms with E-state index in [0.717, 1.165) is 42.2 Å². The molecule has 1 aliphatic heterocycles. The van der Waals surface area contributed by atoms with Gasteiger partial charge in [0.2, 0.25) is 0 Å². The lowest BCUT2D eigenvalue weighted by molar-refractivity contribution is 0.0707. The zero-order chi connectivity index (χ0) is 14.1. The molecule has 5 nitrogen and oxygen atoms in total. The Labute approximate surface area is 122 Å². The smallest absolute Gasteiger partial charge is 0.264 e. The Morgan fingerprint density at radius 1 is 1.50 bits per heavy atom. The van der Waals surface area contributed by atoms with Crippen molar-refractivity contribution in [3.8, 4) is 0 Å². The third-order valence-electron chi connectivity index (χ3n) is 3.88. The second-order valence-electron chi connectivity index (χ2n) is 5.32. The first-order valence-electron chi connectivity index (χ1n) is 6.84. The van der Waals surface area contributed by atoms with E-state index in [9.17, 15) is 4.79 Å². The van der Waals surface area contributed by atoms with Gasteiger partial charge in [-0.05, 0) is 36.8 Å². The molecule has 1 aliphatic rings. The van der Waals surface area contributed by atoms with E-state index in [-0.39, 0.29) is 5.91 Å². The summed E-state index contributed by atoms with van der Waals surface area (Å²) in [5.41, 5.74) is 1.07. The molecule has 0 aromatic carbocycles. The third-order valence-corrected chi connectivity index (χ3v) is 4.88. The lowest BCUT2D eigenvalue weighted by Crippen LogP contribution is -2.39. The minimum atomic E-state index is 0.157. The summed E-state index contributed by atoms with van der Waals surface area (Å²) in [7, 11) is 1.96. The maximum atomic E-state index is 12.6. The predicted molar refractivity (Wildman–Crippen MR) is 77.9 cm³/mol. The van der Waals surface area contributed by atoms with Crippen LogP contribution in [0.15, 0.2) is 17.8 Å². The summed E-state index contributed by atoms with van der Waals surface area (Å²) < 4.78 is 1.95. The minimum absolute atomic E-state index is 0.157. The van der Waals surface area contributed by atoms with E-state index in [1.807, 2.05) is 34.9 Å². The van der Waals surface area contributed by atoms with Crippen molar-refractivity contribution in [2.45, 2.75) is 25.7 Å². The second kappa shape index (κ2) is 5.36. The van der Waals surface area contributed by atoms with Gasteiger partial charge in [0.05, 0.1) is 4.88 Å². The van der Waals surface area contributed by atoms with Crippen molar-refractivity contribution in [2.75, 3.05) is 13.1 Å². The van der Waals surface area contributed by atoms with Crippen LogP contribution in [0.4, 0.5) is 0 Å². The fourth-order valence-electron chi connectivity index (χ4n) is 2.77. The fraction of sp³-hybridized carbons (Fsp3) is 0.500. The number of likely N-dealkylation sites (tertiary alicyclic amines) is 1. The van der Waals surface area contributed by atoms with E-state index in [4.69, 9.17) is 0 Å². The molecule has 0 aliphatic carbocycles. The lowest BCUT2D eigenvalue weighted by atomic mass is 9.97. The summed E-state index contributed by atoms with van der Waals surface area (Å²) in [6, 6.07) is 2.00. The first kappa shape index (κ1) is 13.3. The van der Waals surface area contributed by atoms with E-state index in [1.54, 1.807) is 6.33 Å². The summed E-state index contributed by atoms with van der Waals surface area (Å²) in [5, 5.41) is 10.1. The minimum Gasteiger partial charge on any atom is -0.337 e. The van der Waals surface area contributed by atoms with Gasteiger partial charge in [0.1, 0.15) is 12.2 Å². The molecule has 0 bridgehead atoms. The van der Waals surface area contributed by atoms with Crippen LogP contribution < -0.4 is 0 Å². The van der Waals surface area contributed by atoms with Gasteiger partial charge in [-0.3, -0.25) is 4.79 Å². The standard InChI is InChI=1S/C14H18N4OS/c1-10-5-7-20-12(10)14(19)18-6-3-4-11(8-18)13-16-15-9-17(13)2/h5,7,9,11H,3-4,6,8H2,1-2H3/t11-/m0/s1. The Balaban J connectivity index is 1.77. The molecule has 2 aromatic rings. The molecule has 20 heavy (non-hydrogen) atoms. The number of piperidine rings is 1. The number of thiophene rings is 1. The largest absolute Gasteiger partial charge is 0.337 e. The van der Waals surface area contributed by atoms with Crippen LogP contribution in [0.5, 0.6) is 0 Å². The summed E-state index contributed by atoms with van der Waals surface area (Å²) in [6.45, 7) is 3.57. The average molecular weight is 290 g/mol. The number of hydrogen-bond donors (Lipinski definition) is 0. The van der Waals surface area contributed by atoms with Gasteiger partial charge in [-0.2, -0.15) is 0 Å². The Morgan fingerprint density at radius 2 is 2.35 bits per heavy atom. The molecular formula is C14H18N4OS. The van der Waals surface area contributed by atoms with Gasteiger partial charge >= 0.3 is 0 Å². The average Bonchev–Trinajstić information content (AvgIpc) is 3.07. The Bertz CT molecular complexity index is 618. The number of rotatable bonds is 2.